The number of carbonyl (C=O) groups excluding carboxylic acids is 1. The maximum Gasteiger partial charge on any atom is 0.257 e. The molecule has 2 aromatic rings. The fourth-order valence-electron chi connectivity index (χ4n) is 3.52. The van der Waals surface area contributed by atoms with Crippen LogP contribution in [0.5, 0.6) is 0 Å². The van der Waals surface area contributed by atoms with E-state index in [9.17, 15) is 9.18 Å². The molecule has 2 aliphatic heterocycles. The van der Waals surface area contributed by atoms with E-state index in [4.69, 9.17) is 0 Å². The highest BCUT2D eigenvalue weighted by Gasteiger charge is 2.24. The van der Waals surface area contributed by atoms with Crippen LogP contribution in [0.15, 0.2) is 42.6 Å². The van der Waals surface area contributed by atoms with E-state index in [2.05, 4.69) is 34.6 Å². The molecule has 4 nitrogen and oxygen atoms in total. The average Bonchev–Trinajstić information content (AvgIpc) is 3.20. The van der Waals surface area contributed by atoms with Crippen LogP contribution in [-0.4, -0.2) is 19.0 Å². The number of amides is 1. The molecule has 0 radical (unpaired) electrons. The van der Waals surface area contributed by atoms with E-state index in [0.717, 1.165) is 18.8 Å². The third kappa shape index (κ3) is 2.97. The van der Waals surface area contributed by atoms with E-state index < -0.39 is 0 Å². The van der Waals surface area contributed by atoms with Crippen LogP contribution in [0.25, 0.3) is 5.57 Å². The van der Waals surface area contributed by atoms with Gasteiger partial charge in [-0.05, 0) is 61.7 Å². The molecule has 1 saturated heterocycles. The van der Waals surface area contributed by atoms with Crippen molar-refractivity contribution in [2.75, 3.05) is 28.6 Å². The van der Waals surface area contributed by atoms with Crippen LogP contribution < -0.4 is 15.5 Å². The summed E-state index contributed by atoms with van der Waals surface area (Å²) >= 11 is 0. The molecule has 1 fully saturated rings. The second-order valence-corrected chi connectivity index (χ2v) is 6.54. The Kier molecular flexibility index (Phi) is 3.92. The molecule has 0 aliphatic carbocycles. The summed E-state index contributed by atoms with van der Waals surface area (Å²) in [6.07, 6.45) is 4.19. The van der Waals surface area contributed by atoms with Gasteiger partial charge in [0.05, 0.1) is 11.3 Å². The van der Waals surface area contributed by atoms with E-state index in [0.29, 0.717) is 16.8 Å². The van der Waals surface area contributed by atoms with Gasteiger partial charge in [0.15, 0.2) is 0 Å². The molecule has 2 N–H and O–H groups in total. The van der Waals surface area contributed by atoms with Crippen molar-refractivity contribution in [2.24, 2.45) is 0 Å². The first-order chi connectivity index (χ1) is 12.1. The van der Waals surface area contributed by atoms with E-state index >= 15 is 0 Å². The molecular weight excluding hydrogens is 317 g/mol. The van der Waals surface area contributed by atoms with Gasteiger partial charge in [0, 0.05) is 36.2 Å². The highest BCUT2D eigenvalue weighted by Crippen LogP contribution is 2.32. The van der Waals surface area contributed by atoms with Gasteiger partial charge in [0.1, 0.15) is 5.82 Å². The first-order valence-corrected chi connectivity index (χ1v) is 8.55. The largest absolute Gasteiger partial charge is 0.371 e. The lowest BCUT2D eigenvalue weighted by Gasteiger charge is -2.20. The standard InChI is InChI=1S/C20H20FN3O/c1-13-10-15(5-7-19(13)24-8-2-3-9-24)22-12-17-16-6-4-14(21)11-18(16)23-20(17)25/h4-7,10-12,22H,2-3,8-9H2,1H3,(H,23,25). The third-order valence-corrected chi connectivity index (χ3v) is 4.79. The average molecular weight is 337 g/mol. The third-order valence-electron chi connectivity index (χ3n) is 4.79. The van der Waals surface area contributed by atoms with Gasteiger partial charge in [-0.2, -0.15) is 0 Å². The number of rotatable bonds is 3. The zero-order chi connectivity index (χ0) is 17.4. The first-order valence-electron chi connectivity index (χ1n) is 8.55. The van der Waals surface area contributed by atoms with Gasteiger partial charge >= 0.3 is 0 Å². The Morgan fingerprint density at radius 3 is 2.72 bits per heavy atom. The molecule has 5 heteroatoms. The molecular formula is C20H20FN3O. The maximum absolute atomic E-state index is 13.3. The van der Waals surface area contributed by atoms with Crippen molar-refractivity contribution in [3.8, 4) is 0 Å². The topological polar surface area (TPSA) is 44.4 Å². The van der Waals surface area contributed by atoms with Crippen molar-refractivity contribution in [3.05, 3.63) is 59.5 Å². The molecule has 2 aromatic carbocycles. The number of nitrogens with zero attached hydrogens (tertiary/aromatic N) is 1. The summed E-state index contributed by atoms with van der Waals surface area (Å²) < 4.78 is 13.3. The molecule has 4 rings (SSSR count). The minimum Gasteiger partial charge on any atom is -0.371 e. The van der Waals surface area contributed by atoms with Crippen LogP contribution in [0.1, 0.15) is 24.0 Å². The van der Waals surface area contributed by atoms with Gasteiger partial charge < -0.3 is 15.5 Å². The molecule has 0 unspecified atom stereocenters. The monoisotopic (exact) mass is 337 g/mol. The predicted octanol–water partition coefficient (Wildman–Crippen LogP) is 4.14. The van der Waals surface area contributed by atoms with Crippen LogP contribution in [-0.2, 0) is 4.79 Å². The Morgan fingerprint density at radius 2 is 1.96 bits per heavy atom. The lowest BCUT2D eigenvalue weighted by molar-refractivity contribution is -0.110. The molecule has 0 atom stereocenters. The second kappa shape index (κ2) is 6.24. The fourth-order valence-corrected chi connectivity index (χ4v) is 3.52. The molecule has 0 saturated carbocycles. The number of halogens is 1. The Morgan fingerprint density at radius 1 is 1.16 bits per heavy atom. The zero-order valence-electron chi connectivity index (χ0n) is 14.1. The molecule has 0 aromatic heterocycles. The highest BCUT2D eigenvalue weighted by molar-refractivity contribution is 6.31. The molecule has 0 spiro atoms. The van der Waals surface area contributed by atoms with Crippen LogP contribution in [0, 0.1) is 12.7 Å². The summed E-state index contributed by atoms with van der Waals surface area (Å²) in [5, 5.41) is 5.88. The Hall–Kier alpha value is -2.82. The summed E-state index contributed by atoms with van der Waals surface area (Å²) in [5.74, 6) is -0.583. The number of hydrogen-bond donors (Lipinski definition) is 2. The zero-order valence-corrected chi connectivity index (χ0v) is 14.1. The van der Waals surface area contributed by atoms with Gasteiger partial charge in [0.25, 0.3) is 5.91 Å². The van der Waals surface area contributed by atoms with Gasteiger partial charge in [-0.15, -0.1) is 0 Å². The van der Waals surface area contributed by atoms with Crippen molar-refractivity contribution in [1.82, 2.24) is 0 Å². The Labute approximate surface area is 146 Å². The highest BCUT2D eigenvalue weighted by atomic mass is 19.1. The van der Waals surface area contributed by atoms with Crippen LogP contribution in [0.4, 0.5) is 21.5 Å². The number of nitrogens with one attached hydrogen (secondary N) is 2. The molecule has 128 valence electrons. The second-order valence-electron chi connectivity index (χ2n) is 6.54. The van der Waals surface area contributed by atoms with Gasteiger partial charge in [0.2, 0.25) is 0 Å². The number of benzene rings is 2. The summed E-state index contributed by atoms with van der Waals surface area (Å²) in [4.78, 5) is 14.5. The molecule has 25 heavy (non-hydrogen) atoms. The smallest absolute Gasteiger partial charge is 0.257 e. The van der Waals surface area contributed by atoms with E-state index in [1.807, 2.05) is 6.07 Å². The normalized spacial score (nSPS) is 17.8. The van der Waals surface area contributed by atoms with E-state index in [-0.39, 0.29) is 11.7 Å². The lowest BCUT2D eigenvalue weighted by atomic mass is 10.1. The maximum atomic E-state index is 13.3. The Bertz CT molecular complexity index is 869. The number of aryl methyl sites for hydroxylation is 1. The lowest BCUT2D eigenvalue weighted by Crippen LogP contribution is -2.18. The minimum atomic E-state index is -0.360. The van der Waals surface area contributed by atoms with Crippen molar-refractivity contribution in [1.29, 1.82) is 0 Å². The van der Waals surface area contributed by atoms with Gasteiger partial charge in [-0.1, -0.05) is 0 Å². The molecule has 0 bridgehead atoms. The van der Waals surface area contributed by atoms with Crippen LogP contribution in [0.3, 0.4) is 0 Å². The van der Waals surface area contributed by atoms with Crippen LogP contribution >= 0.6 is 0 Å². The summed E-state index contributed by atoms with van der Waals surface area (Å²) in [7, 11) is 0. The minimum absolute atomic E-state index is 0.224. The summed E-state index contributed by atoms with van der Waals surface area (Å²) in [6, 6.07) is 10.6. The fraction of sp³-hybridized carbons (Fsp3) is 0.250. The van der Waals surface area contributed by atoms with Gasteiger partial charge in [-0.25, -0.2) is 4.39 Å². The molecule has 2 heterocycles. The van der Waals surface area contributed by atoms with Crippen molar-refractivity contribution in [3.63, 3.8) is 0 Å². The SMILES string of the molecule is Cc1cc(NC=C2C(=O)Nc3cc(F)ccc32)ccc1N1CCCC1. The van der Waals surface area contributed by atoms with Crippen molar-refractivity contribution >= 4 is 28.5 Å². The van der Waals surface area contributed by atoms with Crippen LogP contribution in [0.2, 0.25) is 0 Å². The van der Waals surface area contributed by atoms with E-state index in [1.165, 1.54) is 36.2 Å². The first kappa shape index (κ1) is 15.7. The van der Waals surface area contributed by atoms with Crippen molar-refractivity contribution in [2.45, 2.75) is 19.8 Å². The summed E-state index contributed by atoms with van der Waals surface area (Å²) in [5.41, 5.74) is 5.15. The molecule has 1 amide bonds. The van der Waals surface area contributed by atoms with Gasteiger partial charge in [-0.3, -0.25) is 4.79 Å². The quantitative estimate of drug-likeness (QED) is 0.828. The number of carbonyl (C=O) groups is 1. The predicted molar refractivity (Wildman–Crippen MR) is 99.3 cm³/mol. The number of anilines is 3. The molecule has 2 aliphatic rings. The summed E-state index contributed by atoms with van der Waals surface area (Å²) in [6.45, 7) is 4.34. The van der Waals surface area contributed by atoms with Crippen molar-refractivity contribution < 1.29 is 9.18 Å². The number of fused-ring (bicyclic) bond motifs is 1. The Balaban J connectivity index is 1.56. The van der Waals surface area contributed by atoms with E-state index in [1.54, 1.807) is 12.3 Å². The number of hydrogen-bond acceptors (Lipinski definition) is 3.